The van der Waals surface area contributed by atoms with Crippen molar-refractivity contribution < 1.29 is 4.21 Å². The van der Waals surface area contributed by atoms with E-state index >= 15 is 0 Å². The molecule has 0 saturated heterocycles. The maximum Gasteiger partial charge on any atom is 0.100 e. The zero-order chi connectivity index (χ0) is 26.7. The number of hydrogen-bond acceptors (Lipinski definition) is 1. The van der Waals surface area contributed by atoms with Crippen molar-refractivity contribution >= 4 is 35.0 Å². The highest BCUT2D eigenvalue weighted by Crippen LogP contribution is 2.56. The first kappa shape index (κ1) is 28.0. The van der Waals surface area contributed by atoms with E-state index in [-0.39, 0.29) is 18.7 Å². The van der Waals surface area contributed by atoms with E-state index in [4.69, 9.17) is 0 Å². The summed E-state index contributed by atoms with van der Waals surface area (Å²) in [5.41, 5.74) is 4.31. The van der Waals surface area contributed by atoms with Crippen LogP contribution in [0.25, 0.3) is 10.8 Å². The van der Waals surface area contributed by atoms with Crippen molar-refractivity contribution in [1.29, 1.82) is 0 Å². The van der Waals surface area contributed by atoms with Crippen molar-refractivity contribution in [2.45, 2.75) is 107 Å². The molecule has 1 unspecified atom stereocenters. The number of fused-ring (bicyclic) bond motifs is 1. The van der Waals surface area contributed by atoms with Crippen LogP contribution >= 0.6 is 7.92 Å². The van der Waals surface area contributed by atoms with Gasteiger partial charge < -0.3 is 0 Å². The third-order valence-electron chi connectivity index (χ3n) is 8.68. The van der Waals surface area contributed by atoms with Gasteiger partial charge in [0.25, 0.3) is 0 Å². The quantitative estimate of drug-likeness (QED) is 0.270. The summed E-state index contributed by atoms with van der Waals surface area (Å²) in [6, 6.07) is 24.8. The monoisotopic (exact) mass is 547 g/mol. The fourth-order valence-corrected chi connectivity index (χ4v) is 12.1. The molecule has 5 rings (SSSR count). The Hall–Kier alpha value is -1.54. The lowest BCUT2D eigenvalue weighted by molar-refractivity contribution is 0.441. The van der Waals surface area contributed by atoms with Gasteiger partial charge in [-0.25, -0.2) is 8.51 Å². The van der Waals surface area contributed by atoms with E-state index in [0.717, 1.165) is 11.3 Å². The highest BCUT2D eigenvalue weighted by Gasteiger charge is 2.37. The second-order valence-corrected chi connectivity index (χ2v) is 17.5. The maximum atomic E-state index is 13.9. The Morgan fingerprint density at radius 1 is 0.763 bits per heavy atom. The van der Waals surface area contributed by atoms with Gasteiger partial charge in [-0.15, -0.1) is 0 Å². The van der Waals surface area contributed by atoms with Crippen LogP contribution in [0.3, 0.4) is 0 Å². The predicted octanol–water partition coefficient (Wildman–Crippen LogP) is 9.10. The first-order valence-electron chi connectivity index (χ1n) is 14.9. The molecule has 0 aliphatic heterocycles. The Morgan fingerprint density at radius 2 is 1.32 bits per heavy atom. The van der Waals surface area contributed by atoms with Gasteiger partial charge in [0.05, 0.1) is 10.8 Å². The number of benzene rings is 3. The van der Waals surface area contributed by atoms with E-state index in [1.54, 1.807) is 5.30 Å². The van der Waals surface area contributed by atoms with Gasteiger partial charge >= 0.3 is 0 Å². The van der Waals surface area contributed by atoms with E-state index in [9.17, 15) is 4.21 Å². The fourth-order valence-electron chi connectivity index (χ4n) is 6.85. The van der Waals surface area contributed by atoms with Crippen LogP contribution in [0.5, 0.6) is 0 Å². The Bertz CT molecular complexity index is 1220. The van der Waals surface area contributed by atoms with Gasteiger partial charge in [-0.2, -0.15) is 0 Å². The minimum atomic E-state index is -1.14. The first-order chi connectivity index (χ1) is 18.3. The predicted molar refractivity (Wildman–Crippen MR) is 168 cm³/mol. The molecule has 0 radical (unpaired) electrons. The van der Waals surface area contributed by atoms with E-state index in [1.807, 2.05) is 0 Å². The molecule has 0 heterocycles. The number of rotatable bonds is 7. The Kier molecular flexibility index (Phi) is 9.08. The fraction of sp³-hybridized carbons (Fsp3) is 0.529. The van der Waals surface area contributed by atoms with Crippen LogP contribution < -0.4 is 5.30 Å². The summed E-state index contributed by atoms with van der Waals surface area (Å²) in [5, 5.41) is 4.11. The van der Waals surface area contributed by atoms with Gasteiger partial charge in [-0.05, 0) is 91.0 Å². The summed E-state index contributed by atoms with van der Waals surface area (Å²) < 4.78 is 15.8. The summed E-state index contributed by atoms with van der Waals surface area (Å²) >= 11 is 0. The Labute approximate surface area is 234 Å². The highest BCUT2D eigenvalue weighted by molar-refractivity contribution is 7.84. The summed E-state index contributed by atoms with van der Waals surface area (Å²) in [7, 11) is 0.680. The first-order valence-corrected chi connectivity index (χ1v) is 17.4. The minimum absolute atomic E-state index is 0.0342. The molecule has 0 aromatic heterocycles. The number of hydrogen-bond donors (Lipinski definition) is 0. The van der Waals surface area contributed by atoms with Crippen LogP contribution in [0.1, 0.15) is 102 Å². The smallest absolute Gasteiger partial charge is 0.100 e. The second-order valence-electron chi connectivity index (χ2n) is 12.5. The van der Waals surface area contributed by atoms with Gasteiger partial charge in [0.1, 0.15) is 11.0 Å². The molecular formula is C34H46NOPS. The van der Waals surface area contributed by atoms with Crippen LogP contribution in [0.15, 0.2) is 66.7 Å². The van der Waals surface area contributed by atoms with Gasteiger partial charge in [0.2, 0.25) is 0 Å². The molecule has 204 valence electrons. The average Bonchev–Trinajstić information content (AvgIpc) is 2.94. The van der Waals surface area contributed by atoms with Crippen molar-refractivity contribution in [3.8, 4) is 0 Å². The molecule has 0 N–H and O–H groups in total. The molecule has 38 heavy (non-hydrogen) atoms. The van der Waals surface area contributed by atoms with Crippen LogP contribution in [-0.4, -0.2) is 31.6 Å². The largest absolute Gasteiger partial charge is 0.242 e. The molecule has 2 nitrogen and oxygen atoms in total. The zero-order valence-electron chi connectivity index (χ0n) is 23.9. The molecule has 2 aliphatic rings. The lowest BCUT2D eigenvalue weighted by Gasteiger charge is -2.41. The van der Waals surface area contributed by atoms with Gasteiger partial charge in [0.15, 0.2) is 0 Å². The lowest BCUT2D eigenvalue weighted by atomic mass is 9.96. The average molecular weight is 548 g/mol. The molecule has 0 amide bonds. The van der Waals surface area contributed by atoms with E-state index in [2.05, 4.69) is 98.9 Å². The van der Waals surface area contributed by atoms with Crippen LogP contribution in [-0.2, 0) is 11.0 Å². The van der Waals surface area contributed by atoms with Crippen molar-refractivity contribution in [2.75, 3.05) is 7.05 Å². The molecule has 3 aromatic carbocycles. The maximum absolute atomic E-state index is 13.9. The van der Waals surface area contributed by atoms with Crippen molar-refractivity contribution in [2.24, 2.45) is 0 Å². The van der Waals surface area contributed by atoms with Crippen molar-refractivity contribution in [1.82, 2.24) is 4.31 Å². The molecule has 0 bridgehead atoms. The third-order valence-corrected chi connectivity index (χ3v) is 14.0. The molecular weight excluding hydrogens is 501 g/mol. The summed E-state index contributed by atoms with van der Waals surface area (Å²) in [5.74, 6) is 0. The molecule has 2 aliphatic carbocycles. The van der Waals surface area contributed by atoms with E-state index in [0.29, 0.717) is 0 Å². The Morgan fingerprint density at radius 3 is 1.92 bits per heavy atom. The third kappa shape index (κ3) is 6.11. The van der Waals surface area contributed by atoms with Gasteiger partial charge in [-0.1, -0.05) is 107 Å². The summed E-state index contributed by atoms with van der Waals surface area (Å²) in [6.07, 6.45) is 13.9. The van der Waals surface area contributed by atoms with Gasteiger partial charge in [-0.3, -0.25) is 0 Å². The van der Waals surface area contributed by atoms with Gasteiger partial charge in [0, 0.05) is 7.05 Å². The zero-order valence-corrected chi connectivity index (χ0v) is 25.6. The van der Waals surface area contributed by atoms with Crippen LogP contribution in [0, 0.1) is 0 Å². The van der Waals surface area contributed by atoms with Crippen LogP contribution in [0.2, 0.25) is 0 Å². The summed E-state index contributed by atoms with van der Waals surface area (Å²) in [4.78, 5) is 0. The summed E-state index contributed by atoms with van der Waals surface area (Å²) in [6.45, 7) is 6.29. The standard InChI is InChI=1S/C34H46NOPS/c1-34(2,3)38(36)35(4)33(28-24-23-26-15-11-12-16-27(26)25-28)31-21-13-14-22-32(31)37(29-17-7-5-8-18-29)30-19-9-6-10-20-30/h11-16,21-25,29-30,33H,5-10,17-20H2,1-4H3/t33-,38?/m0/s1. The van der Waals surface area contributed by atoms with E-state index in [1.165, 1.54) is 86.1 Å². The molecule has 2 saturated carbocycles. The van der Waals surface area contributed by atoms with E-state index < -0.39 is 11.0 Å². The Balaban J connectivity index is 1.66. The highest BCUT2D eigenvalue weighted by atomic mass is 32.2. The van der Waals surface area contributed by atoms with Crippen molar-refractivity contribution in [3.05, 3.63) is 77.9 Å². The normalized spacial score (nSPS) is 19.7. The lowest BCUT2D eigenvalue weighted by Crippen LogP contribution is -2.39. The van der Waals surface area contributed by atoms with Crippen molar-refractivity contribution in [3.63, 3.8) is 0 Å². The molecule has 0 spiro atoms. The molecule has 2 fully saturated rings. The number of nitrogens with zero attached hydrogens (tertiary/aromatic N) is 1. The molecule has 2 atom stereocenters. The topological polar surface area (TPSA) is 20.3 Å². The second kappa shape index (κ2) is 12.3. The van der Waals surface area contributed by atoms with Crippen LogP contribution in [0.4, 0.5) is 0 Å². The molecule has 3 aromatic rings. The SMILES string of the molecule is CN([C@@H](c1ccc2ccccc2c1)c1ccccc1P(C1CCCCC1)C1CCCCC1)S(=O)C(C)(C)C. The molecule has 4 heteroatoms. The minimum Gasteiger partial charge on any atom is -0.242 e.